The van der Waals surface area contributed by atoms with Gasteiger partial charge in [0, 0.05) is 12.0 Å². The monoisotopic (exact) mass is 320 g/mol. The third-order valence-electron chi connectivity index (χ3n) is 3.53. The molecule has 0 saturated carbocycles. The fourth-order valence-corrected chi connectivity index (χ4v) is 2.01. The van der Waals surface area contributed by atoms with Gasteiger partial charge in [0.15, 0.2) is 0 Å². The van der Waals surface area contributed by atoms with E-state index in [1.165, 1.54) is 7.11 Å². The lowest BCUT2D eigenvalue weighted by molar-refractivity contribution is -0.140. The number of methoxy groups -OCH3 is 1. The van der Waals surface area contributed by atoms with Gasteiger partial charge < -0.3 is 15.8 Å². The van der Waals surface area contributed by atoms with Crippen LogP contribution in [0.25, 0.3) is 0 Å². The van der Waals surface area contributed by atoms with Crippen molar-refractivity contribution in [3.8, 4) is 0 Å². The molecular formula is C17H24N2O4. The molecular weight excluding hydrogens is 296 g/mol. The standard InChI is InChI=1S/C17H24N2O4/c1-17(2,3)12-7-5-11(6-8-12)16(22)19-13(15(18)21)9-10-14(20)23-4/h5-8,13H,9-10H2,1-4H3,(H2,18,21)(H,19,22)/t13-/m1/s1. The number of hydrogen-bond donors (Lipinski definition) is 2. The summed E-state index contributed by atoms with van der Waals surface area (Å²) in [5.41, 5.74) is 6.79. The van der Waals surface area contributed by atoms with E-state index in [9.17, 15) is 14.4 Å². The number of hydrogen-bond acceptors (Lipinski definition) is 4. The number of primary amides is 1. The Hall–Kier alpha value is -2.37. The molecule has 0 radical (unpaired) electrons. The number of rotatable bonds is 6. The van der Waals surface area contributed by atoms with E-state index in [0.29, 0.717) is 5.56 Å². The minimum Gasteiger partial charge on any atom is -0.469 e. The van der Waals surface area contributed by atoms with Crippen molar-refractivity contribution in [3.63, 3.8) is 0 Å². The molecule has 0 aliphatic heterocycles. The molecule has 0 spiro atoms. The summed E-state index contributed by atoms with van der Waals surface area (Å²) in [6.07, 6.45) is 0.112. The third kappa shape index (κ3) is 5.73. The van der Waals surface area contributed by atoms with E-state index in [0.717, 1.165) is 5.56 Å². The van der Waals surface area contributed by atoms with Gasteiger partial charge in [0.25, 0.3) is 5.91 Å². The topological polar surface area (TPSA) is 98.5 Å². The molecule has 0 aliphatic rings. The number of benzene rings is 1. The molecule has 0 aromatic heterocycles. The fourth-order valence-electron chi connectivity index (χ4n) is 2.01. The van der Waals surface area contributed by atoms with E-state index in [4.69, 9.17) is 5.73 Å². The molecule has 6 heteroatoms. The van der Waals surface area contributed by atoms with Gasteiger partial charge in [-0.2, -0.15) is 0 Å². The predicted molar refractivity (Wildman–Crippen MR) is 86.8 cm³/mol. The van der Waals surface area contributed by atoms with Crippen LogP contribution in [0.5, 0.6) is 0 Å². The zero-order valence-electron chi connectivity index (χ0n) is 14.0. The van der Waals surface area contributed by atoms with Crippen molar-refractivity contribution in [2.75, 3.05) is 7.11 Å². The van der Waals surface area contributed by atoms with Gasteiger partial charge in [-0.15, -0.1) is 0 Å². The van der Waals surface area contributed by atoms with Crippen LogP contribution in [-0.4, -0.2) is 30.9 Å². The molecule has 23 heavy (non-hydrogen) atoms. The van der Waals surface area contributed by atoms with Gasteiger partial charge in [-0.1, -0.05) is 32.9 Å². The summed E-state index contributed by atoms with van der Waals surface area (Å²) in [6.45, 7) is 6.24. The van der Waals surface area contributed by atoms with Gasteiger partial charge in [-0.3, -0.25) is 14.4 Å². The maximum atomic E-state index is 12.2. The summed E-state index contributed by atoms with van der Waals surface area (Å²) in [4.78, 5) is 34.7. The Morgan fingerprint density at radius 1 is 1.17 bits per heavy atom. The smallest absolute Gasteiger partial charge is 0.305 e. The van der Waals surface area contributed by atoms with E-state index in [-0.39, 0.29) is 18.3 Å². The highest BCUT2D eigenvalue weighted by molar-refractivity contribution is 5.97. The maximum Gasteiger partial charge on any atom is 0.305 e. The van der Waals surface area contributed by atoms with Crippen LogP contribution in [0.4, 0.5) is 0 Å². The average Bonchev–Trinajstić information content (AvgIpc) is 2.49. The van der Waals surface area contributed by atoms with Crippen molar-refractivity contribution in [1.29, 1.82) is 0 Å². The SMILES string of the molecule is COC(=O)CC[C@@H](NC(=O)c1ccc(C(C)(C)C)cc1)C(N)=O. The summed E-state index contributed by atoms with van der Waals surface area (Å²) in [6, 6.07) is 6.25. The Bertz CT molecular complexity index is 573. The molecule has 0 aliphatic carbocycles. The minimum absolute atomic E-state index is 0.00729. The number of esters is 1. The maximum absolute atomic E-state index is 12.2. The first-order valence-electron chi connectivity index (χ1n) is 7.42. The lowest BCUT2D eigenvalue weighted by atomic mass is 9.86. The van der Waals surface area contributed by atoms with E-state index in [2.05, 4.69) is 30.8 Å². The molecule has 1 aromatic carbocycles. The lowest BCUT2D eigenvalue weighted by Crippen LogP contribution is -2.44. The molecule has 0 saturated heterocycles. The highest BCUT2D eigenvalue weighted by Gasteiger charge is 2.21. The van der Waals surface area contributed by atoms with Crippen LogP contribution in [-0.2, 0) is 19.7 Å². The predicted octanol–water partition coefficient (Wildman–Crippen LogP) is 1.52. The molecule has 0 fully saturated rings. The van der Waals surface area contributed by atoms with Crippen molar-refractivity contribution in [3.05, 3.63) is 35.4 Å². The van der Waals surface area contributed by atoms with E-state index >= 15 is 0 Å². The second-order valence-electron chi connectivity index (χ2n) is 6.37. The van der Waals surface area contributed by atoms with Crippen LogP contribution >= 0.6 is 0 Å². The summed E-state index contributed by atoms with van der Waals surface area (Å²) < 4.78 is 4.51. The van der Waals surface area contributed by atoms with E-state index < -0.39 is 23.8 Å². The summed E-state index contributed by atoms with van der Waals surface area (Å²) in [7, 11) is 1.26. The highest BCUT2D eigenvalue weighted by atomic mass is 16.5. The molecule has 1 rings (SSSR count). The Morgan fingerprint density at radius 2 is 1.74 bits per heavy atom. The number of ether oxygens (including phenoxy) is 1. The number of amides is 2. The first-order valence-corrected chi connectivity index (χ1v) is 7.42. The molecule has 6 nitrogen and oxygen atoms in total. The quantitative estimate of drug-likeness (QED) is 0.776. The summed E-state index contributed by atoms with van der Waals surface area (Å²) in [5.74, 6) is -1.55. The van der Waals surface area contributed by atoms with Gasteiger partial charge in [0.05, 0.1) is 7.11 Å². The molecule has 126 valence electrons. The van der Waals surface area contributed by atoms with Gasteiger partial charge in [0.2, 0.25) is 5.91 Å². The molecule has 1 aromatic rings. The first kappa shape index (κ1) is 18.7. The van der Waals surface area contributed by atoms with Gasteiger partial charge >= 0.3 is 5.97 Å². The zero-order valence-corrected chi connectivity index (χ0v) is 14.0. The van der Waals surface area contributed by atoms with Gasteiger partial charge in [-0.25, -0.2) is 0 Å². The van der Waals surface area contributed by atoms with Crippen molar-refractivity contribution < 1.29 is 19.1 Å². The van der Waals surface area contributed by atoms with Crippen molar-refractivity contribution >= 4 is 17.8 Å². The molecule has 0 bridgehead atoms. The van der Waals surface area contributed by atoms with Crippen LogP contribution in [0.15, 0.2) is 24.3 Å². The molecule has 3 N–H and O–H groups in total. The largest absolute Gasteiger partial charge is 0.469 e. The number of nitrogens with two attached hydrogens (primary N) is 1. The highest BCUT2D eigenvalue weighted by Crippen LogP contribution is 2.22. The summed E-state index contributed by atoms with van der Waals surface area (Å²) >= 11 is 0. The van der Waals surface area contributed by atoms with Crippen molar-refractivity contribution in [1.82, 2.24) is 5.32 Å². The second-order valence-corrected chi connectivity index (χ2v) is 6.37. The fraction of sp³-hybridized carbons (Fsp3) is 0.471. The molecule has 0 unspecified atom stereocenters. The molecule has 1 atom stereocenters. The zero-order chi connectivity index (χ0) is 17.6. The minimum atomic E-state index is -0.913. The number of carbonyl (C=O) groups is 3. The first-order chi connectivity index (χ1) is 10.6. The van der Waals surface area contributed by atoms with Crippen LogP contribution in [0.2, 0.25) is 0 Å². The van der Waals surface area contributed by atoms with Crippen LogP contribution in [0.1, 0.15) is 49.5 Å². The van der Waals surface area contributed by atoms with Gasteiger partial charge in [-0.05, 0) is 29.5 Å². The molecule has 0 heterocycles. The average molecular weight is 320 g/mol. The Balaban J connectivity index is 2.75. The van der Waals surface area contributed by atoms with Crippen molar-refractivity contribution in [2.24, 2.45) is 5.73 Å². The van der Waals surface area contributed by atoms with Crippen LogP contribution in [0, 0.1) is 0 Å². The Morgan fingerprint density at radius 3 is 2.17 bits per heavy atom. The van der Waals surface area contributed by atoms with Gasteiger partial charge in [0.1, 0.15) is 6.04 Å². The summed E-state index contributed by atoms with van der Waals surface area (Å²) in [5, 5.41) is 2.55. The van der Waals surface area contributed by atoms with Crippen LogP contribution < -0.4 is 11.1 Å². The lowest BCUT2D eigenvalue weighted by Gasteiger charge is -2.19. The normalized spacial score (nSPS) is 12.3. The second kappa shape index (κ2) is 7.76. The van der Waals surface area contributed by atoms with Crippen LogP contribution in [0.3, 0.4) is 0 Å². The Kier molecular flexibility index (Phi) is 6.30. The third-order valence-corrected chi connectivity index (χ3v) is 3.53. The van der Waals surface area contributed by atoms with Crippen molar-refractivity contribution in [2.45, 2.75) is 45.1 Å². The van der Waals surface area contributed by atoms with E-state index in [1.54, 1.807) is 12.1 Å². The number of carbonyl (C=O) groups excluding carboxylic acids is 3. The molecule has 2 amide bonds. The number of nitrogens with one attached hydrogen (secondary N) is 1. The van der Waals surface area contributed by atoms with E-state index in [1.807, 2.05) is 12.1 Å². The Labute approximate surface area is 136 Å².